The van der Waals surface area contributed by atoms with Crippen LogP contribution in [0.3, 0.4) is 0 Å². The Morgan fingerprint density at radius 2 is 2.25 bits per heavy atom. The second kappa shape index (κ2) is 6.49. The van der Waals surface area contributed by atoms with E-state index in [9.17, 15) is 9.90 Å². The van der Waals surface area contributed by atoms with Crippen molar-refractivity contribution in [3.8, 4) is 11.3 Å². The maximum atomic E-state index is 12.3. The lowest BCUT2D eigenvalue weighted by Crippen LogP contribution is -2.46. The van der Waals surface area contributed by atoms with Crippen molar-refractivity contribution in [1.29, 1.82) is 0 Å². The minimum absolute atomic E-state index is 0.0755. The van der Waals surface area contributed by atoms with Crippen molar-refractivity contribution in [2.24, 2.45) is 17.8 Å². The van der Waals surface area contributed by atoms with Crippen molar-refractivity contribution in [2.75, 3.05) is 11.9 Å². The minimum atomic E-state index is -0.238. The first-order valence-electron chi connectivity index (χ1n) is 8.29. The van der Waals surface area contributed by atoms with Crippen LogP contribution < -0.4 is 10.6 Å². The zero-order valence-corrected chi connectivity index (χ0v) is 14.0. The zero-order valence-electron chi connectivity index (χ0n) is 13.2. The van der Waals surface area contributed by atoms with Gasteiger partial charge in [-0.1, -0.05) is 0 Å². The van der Waals surface area contributed by atoms with Gasteiger partial charge in [0.1, 0.15) is 0 Å². The highest BCUT2D eigenvalue weighted by Gasteiger charge is 2.47. The van der Waals surface area contributed by atoms with E-state index in [1.807, 2.05) is 17.5 Å². The van der Waals surface area contributed by atoms with Crippen LogP contribution in [0.15, 0.2) is 29.9 Å². The molecule has 2 heterocycles. The molecule has 0 spiro atoms. The van der Waals surface area contributed by atoms with Gasteiger partial charge in [-0.2, -0.15) is 0 Å². The van der Waals surface area contributed by atoms with E-state index in [1.165, 1.54) is 17.8 Å². The number of aromatic nitrogens is 2. The van der Waals surface area contributed by atoms with Gasteiger partial charge in [0.2, 0.25) is 0 Å². The molecule has 6 nitrogen and oxygen atoms in total. The second-order valence-electron chi connectivity index (χ2n) is 6.58. The summed E-state index contributed by atoms with van der Waals surface area (Å²) in [5, 5.41) is 17.9. The van der Waals surface area contributed by atoms with Crippen molar-refractivity contribution in [2.45, 2.75) is 25.3 Å². The van der Waals surface area contributed by atoms with E-state index in [0.717, 1.165) is 24.1 Å². The summed E-state index contributed by atoms with van der Waals surface area (Å²) in [5.41, 5.74) is 1.73. The van der Waals surface area contributed by atoms with Gasteiger partial charge in [0.05, 0.1) is 5.69 Å². The Morgan fingerprint density at radius 3 is 3.04 bits per heavy atom. The maximum absolute atomic E-state index is 12.3. The SMILES string of the molecule is O=C(Nc1nc(-c2cccnc2)cs1)NC1C2CCC(C2)C1CO. The number of fused-ring (bicyclic) bond motifs is 2. The molecule has 2 aliphatic rings. The molecule has 0 aliphatic heterocycles. The first-order chi connectivity index (χ1) is 11.7. The van der Waals surface area contributed by atoms with Gasteiger partial charge in [-0.3, -0.25) is 10.3 Å². The predicted octanol–water partition coefficient (Wildman–Crippen LogP) is 2.73. The molecule has 7 heteroatoms. The first kappa shape index (κ1) is 15.5. The normalized spacial score (nSPS) is 28.0. The molecule has 0 radical (unpaired) electrons. The number of amides is 2. The van der Waals surface area contributed by atoms with Gasteiger partial charge >= 0.3 is 6.03 Å². The van der Waals surface area contributed by atoms with Gasteiger partial charge < -0.3 is 10.4 Å². The molecule has 2 amide bonds. The summed E-state index contributed by atoms with van der Waals surface area (Å²) >= 11 is 1.39. The van der Waals surface area contributed by atoms with Crippen LogP contribution in [-0.2, 0) is 0 Å². The van der Waals surface area contributed by atoms with Crippen LogP contribution in [0.25, 0.3) is 11.3 Å². The van der Waals surface area contributed by atoms with Gasteiger partial charge in [-0.05, 0) is 43.2 Å². The first-order valence-corrected chi connectivity index (χ1v) is 9.17. The van der Waals surface area contributed by atoms with Crippen LogP contribution in [0.4, 0.5) is 9.93 Å². The molecular weight excluding hydrogens is 324 g/mol. The summed E-state index contributed by atoms with van der Waals surface area (Å²) < 4.78 is 0. The molecule has 126 valence electrons. The van der Waals surface area contributed by atoms with E-state index < -0.39 is 0 Å². The standard InChI is InChI=1S/C17H20N4O2S/c22-8-13-10-3-4-11(6-10)15(13)20-16(23)21-17-19-14(9-24-17)12-2-1-5-18-7-12/h1-2,5,7,9-11,13,15,22H,3-4,6,8H2,(H2,19,20,21,23). The van der Waals surface area contributed by atoms with Crippen LogP contribution >= 0.6 is 11.3 Å². The average Bonchev–Trinajstić information content (AvgIpc) is 3.31. The summed E-state index contributed by atoms with van der Waals surface area (Å²) in [6.07, 6.45) is 6.92. The smallest absolute Gasteiger partial charge is 0.321 e. The third kappa shape index (κ3) is 2.89. The van der Waals surface area contributed by atoms with Gasteiger partial charge in [0, 0.05) is 41.9 Å². The molecule has 4 rings (SSSR count). The molecule has 2 aromatic rings. The number of aliphatic hydroxyl groups excluding tert-OH is 1. The molecule has 2 aromatic heterocycles. The van der Waals surface area contributed by atoms with Crippen molar-refractivity contribution in [1.82, 2.24) is 15.3 Å². The lowest BCUT2D eigenvalue weighted by molar-refractivity contribution is 0.146. The molecule has 0 saturated heterocycles. The van der Waals surface area contributed by atoms with E-state index in [2.05, 4.69) is 20.6 Å². The third-order valence-corrected chi connectivity index (χ3v) is 6.04. The number of rotatable bonds is 4. The van der Waals surface area contributed by atoms with Crippen LogP contribution in [0.5, 0.6) is 0 Å². The summed E-state index contributed by atoms with van der Waals surface area (Å²) in [6, 6.07) is 3.63. The topological polar surface area (TPSA) is 87.1 Å². The van der Waals surface area contributed by atoms with E-state index in [1.54, 1.807) is 12.4 Å². The highest BCUT2D eigenvalue weighted by molar-refractivity contribution is 7.14. The van der Waals surface area contributed by atoms with Crippen molar-refractivity contribution >= 4 is 22.5 Å². The Labute approximate surface area is 144 Å². The number of hydrogen-bond donors (Lipinski definition) is 3. The molecule has 2 fully saturated rings. The van der Waals surface area contributed by atoms with E-state index in [4.69, 9.17) is 0 Å². The molecular formula is C17H20N4O2S. The number of carbonyl (C=O) groups excluding carboxylic acids is 1. The maximum Gasteiger partial charge on any atom is 0.321 e. The third-order valence-electron chi connectivity index (χ3n) is 5.28. The van der Waals surface area contributed by atoms with Gasteiger partial charge in [0.25, 0.3) is 0 Å². The Morgan fingerprint density at radius 1 is 1.38 bits per heavy atom. The van der Waals surface area contributed by atoms with E-state index in [-0.39, 0.29) is 24.6 Å². The largest absolute Gasteiger partial charge is 0.396 e. The lowest BCUT2D eigenvalue weighted by atomic mass is 9.85. The fourth-order valence-corrected chi connectivity index (χ4v) is 4.88. The average molecular weight is 344 g/mol. The van der Waals surface area contributed by atoms with Gasteiger partial charge in [0.15, 0.2) is 5.13 Å². The number of hydrogen-bond acceptors (Lipinski definition) is 5. The summed E-state index contributed by atoms with van der Waals surface area (Å²) in [6.45, 7) is 0.147. The van der Waals surface area contributed by atoms with Crippen molar-refractivity contribution in [3.05, 3.63) is 29.9 Å². The van der Waals surface area contributed by atoms with E-state index >= 15 is 0 Å². The Hall–Kier alpha value is -1.99. The quantitative estimate of drug-likeness (QED) is 0.796. The molecule has 0 aromatic carbocycles. The minimum Gasteiger partial charge on any atom is -0.396 e. The van der Waals surface area contributed by atoms with Crippen molar-refractivity contribution in [3.63, 3.8) is 0 Å². The second-order valence-corrected chi connectivity index (χ2v) is 7.44. The van der Waals surface area contributed by atoms with Crippen LogP contribution in [-0.4, -0.2) is 33.8 Å². The number of pyridine rings is 1. The number of aliphatic hydroxyl groups is 1. The Balaban J connectivity index is 1.39. The van der Waals surface area contributed by atoms with Crippen LogP contribution in [0.1, 0.15) is 19.3 Å². The number of carbonyl (C=O) groups is 1. The number of urea groups is 1. The Kier molecular flexibility index (Phi) is 4.20. The monoisotopic (exact) mass is 344 g/mol. The number of anilines is 1. The predicted molar refractivity (Wildman–Crippen MR) is 92.7 cm³/mol. The molecule has 4 unspecified atom stereocenters. The lowest BCUT2D eigenvalue weighted by Gasteiger charge is -2.30. The highest BCUT2D eigenvalue weighted by Crippen LogP contribution is 2.48. The van der Waals surface area contributed by atoms with Crippen LogP contribution in [0.2, 0.25) is 0 Å². The fourth-order valence-electron chi connectivity index (χ4n) is 4.16. The molecule has 24 heavy (non-hydrogen) atoms. The van der Waals surface area contributed by atoms with Crippen LogP contribution in [0, 0.1) is 17.8 Å². The number of thiazole rings is 1. The van der Waals surface area contributed by atoms with Gasteiger partial charge in [-0.25, -0.2) is 9.78 Å². The fraction of sp³-hybridized carbons (Fsp3) is 0.471. The molecule has 3 N–H and O–H groups in total. The molecule has 2 bridgehead atoms. The number of nitrogens with one attached hydrogen (secondary N) is 2. The summed E-state index contributed by atoms with van der Waals surface area (Å²) in [5.74, 6) is 1.25. The summed E-state index contributed by atoms with van der Waals surface area (Å²) in [4.78, 5) is 20.8. The highest BCUT2D eigenvalue weighted by atomic mass is 32.1. The summed E-state index contributed by atoms with van der Waals surface area (Å²) in [7, 11) is 0. The van der Waals surface area contributed by atoms with E-state index in [0.29, 0.717) is 17.0 Å². The number of nitrogens with zero attached hydrogens (tertiary/aromatic N) is 2. The van der Waals surface area contributed by atoms with Gasteiger partial charge in [-0.15, -0.1) is 11.3 Å². The zero-order chi connectivity index (χ0) is 16.5. The van der Waals surface area contributed by atoms with Crippen molar-refractivity contribution < 1.29 is 9.90 Å². The molecule has 4 atom stereocenters. The molecule has 2 aliphatic carbocycles. The molecule has 2 saturated carbocycles. The Bertz CT molecular complexity index is 720.